The molecule has 0 fully saturated rings. The highest BCUT2D eigenvalue weighted by atomic mass is 35.5. The van der Waals surface area contributed by atoms with Gasteiger partial charge in [-0.15, -0.1) is 0 Å². The topological polar surface area (TPSA) is 41.6 Å². The second-order valence-electron chi connectivity index (χ2n) is 6.44. The molecule has 3 aromatic carbocycles. The number of nitriles is 1. The van der Waals surface area contributed by atoms with Crippen LogP contribution in [0, 0.1) is 17.1 Å². The van der Waals surface area contributed by atoms with Crippen LogP contribution in [-0.2, 0) is 6.54 Å². The van der Waals surface area contributed by atoms with Gasteiger partial charge in [0.05, 0.1) is 23.2 Å². The van der Waals surface area contributed by atoms with E-state index < -0.39 is 5.82 Å². The molecule has 0 saturated carbocycles. The number of fused-ring (bicyclic) bond motifs is 1. The van der Waals surface area contributed by atoms with Gasteiger partial charge in [-0.3, -0.25) is 0 Å². The average molecular weight is 422 g/mol. The fraction of sp³-hybridized carbons (Fsp3) is 0.0435. The molecule has 0 amide bonds. The predicted octanol–water partition coefficient (Wildman–Crippen LogP) is 6.59. The van der Waals surface area contributed by atoms with Crippen molar-refractivity contribution in [3.63, 3.8) is 0 Å². The van der Waals surface area contributed by atoms with Gasteiger partial charge < -0.3 is 4.57 Å². The summed E-state index contributed by atoms with van der Waals surface area (Å²) >= 11 is 12.4. The van der Waals surface area contributed by atoms with Crippen LogP contribution in [0.5, 0.6) is 0 Å². The zero-order chi connectivity index (χ0) is 20.4. The Balaban J connectivity index is 1.89. The highest BCUT2D eigenvalue weighted by Gasteiger charge is 2.16. The van der Waals surface area contributed by atoms with Gasteiger partial charge in [0.1, 0.15) is 11.9 Å². The highest BCUT2D eigenvalue weighted by molar-refractivity contribution is 6.35. The summed E-state index contributed by atoms with van der Waals surface area (Å²) in [6.45, 7) is 0.391. The number of rotatable bonds is 4. The molecule has 4 rings (SSSR count). The van der Waals surface area contributed by atoms with Gasteiger partial charge in [0.25, 0.3) is 0 Å². The van der Waals surface area contributed by atoms with Gasteiger partial charge in [-0.1, -0.05) is 59.6 Å². The molecule has 6 heteroatoms. The number of aromatic nitrogens is 2. The lowest BCUT2D eigenvalue weighted by atomic mass is 10.1. The molecule has 0 N–H and O–H groups in total. The van der Waals surface area contributed by atoms with Crippen molar-refractivity contribution in [2.45, 2.75) is 6.54 Å². The number of hydrogen-bond donors (Lipinski definition) is 0. The number of benzene rings is 3. The first-order chi connectivity index (χ1) is 14.1. The van der Waals surface area contributed by atoms with E-state index >= 15 is 0 Å². The summed E-state index contributed by atoms with van der Waals surface area (Å²) in [5, 5.41) is 10.9. The maximum Gasteiger partial charge on any atom is 0.152 e. The van der Waals surface area contributed by atoms with Gasteiger partial charge in [0.15, 0.2) is 5.82 Å². The number of imidazole rings is 1. The van der Waals surface area contributed by atoms with E-state index in [9.17, 15) is 9.65 Å². The Bertz CT molecular complexity index is 1290. The maximum absolute atomic E-state index is 14.1. The predicted molar refractivity (Wildman–Crippen MR) is 115 cm³/mol. The Morgan fingerprint density at radius 2 is 1.83 bits per heavy atom. The second kappa shape index (κ2) is 8.08. The third-order valence-corrected chi connectivity index (χ3v) is 5.15. The Hall–Kier alpha value is -3.13. The van der Waals surface area contributed by atoms with Crippen LogP contribution in [-0.4, -0.2) is 9.55 Å². The molecule has 1 heterocycles. The van der Waals surface area contributed by atoms with Crippen LogP contribution in [0.2, 0.25) is 10.0 Å². The van der Waals surface area contributed by atoms with Gasteiger partial charge in [-0.2, -0.15) is 5.26 Å². The summed E-state index contributed by atoms with van der Waals surface area (Å²) in [7, 11) is 0. The molecule has 0 aliphatic carbocycles. The van der Waals surface area contributed by atoms with Gasteiger partial charge in [0.2, 0.25) is 0 Å². The van der Waals surface area contributed by atoms with Crippen LogP contribution in [0.3, 0.4) is 0 Å². The SMILES string of the molecule is N#C/C(=C\c1ccccc1F)c1nc2ccccc2n1Cc1ccc(Cl)cc1Cl. The third-order valence-electron chi connectivity index (χ3n) is 4.56. The molecule has 4 aromatic rings. The molecule has 0 aliphatic heterocycles. The lowest BCUT2D eigenvalue weighted by Crippen LogP contribution is -2.05. The fourth-order valence-corrected chi connectivity index (χ4v) is 3.62. The number of para-hydroxylation sites is 2. The van der Waals surface area contributed by atoms with Crippen molar-refractivity contribution in [1.29, 1.82) is 5.26 Å². The van der Waals surface area contributed by atoms with Gasteiger partial charge in [-0.05, 0) is 42.0 Å². The zero-order valence-electron chi connectivity index (χ0n) is 15.1. The summed E-state index contributed by atoms with van der Waals surface area (Å²) in [6.07, 6.45) is 1.51. The van der Waals surface area contributed by atoms with Crippen molar-refractivity contribution in [3.8, 4) is 6.07 Å². The molecule has 29 heavy (non-hydrogen) atoms. The van der Waals surface area contributed by atoms with Crippen molar-refractivity contribution in [3.05, 3.63) is 99.5 Å². The fourth-order valence-electron chi connectivity index (χ4n) is 3.16. The van der Waals surface area contributed by atoms with Gasteiger partial charge >= 0.3 is 0 Å². The quantitative estimate of drug-likeness (QED) is 0.348. The minimum atomic E-state index is -0.399. The molecule has 0 unspecified atom stereocenters. The summed E-state index contributed by atoms with van der Waals surface area (Å²) in [5.41, 5.74) is 3.01. The van der Waals surface area contributed by atoms with Crippen LogP contribution in [0.15, 0.2) is 66.7 Å². The Labute approximate surface area is 177 Å². The van der Waals surface area contributed by atoms with E-state index in [0.29, 0.717) is 28.0 Å². The van der Waals surface area contributed by atoms with Crippen molar-refractivity contribution in [2.24, 2.45) is 0 Å². The standard InChI is InChI=1S/C23H14Cl2FN3/c24-18-10-9-16(19(25)12-18)14-29-22-8-4-3-7-21(22)28-23(29)17(13-27)11-15-5-1-2-6-20(15)26/h1-12H,14H2/b17-11+. The first kappa shape index (κ1) is 19.2. The normalized spacial score (nSPS) is 11.6. The largest absolute Gasteiger partial charge is 0.319 e. The molecule has 3 nitrogen and oxygen atoms in total. The molecule has 0 bridgehead atoms. The monoisotopic (exact) mass is 421 g/mol. The third kappa shape index (κ3) is 3.88. The maximum atomic E-state index is 14.1. The van der Waals surface area contributed by atoms with Crippen molar-refractivity contribution in [1.82, 2.24) is 9.55 Å². The number of hydrogen-bond acceptors (Lipinski definition) is 2. The molecule has 0 aliphatic rings. The van der Waals surface area contributed by atoms with Crippen LogP contribution in [0.4, 0.5) is 4.39 Å². The van der Waals surface area contributed by atoms with E-state index in [4.69, 9.17) is 23.2 Å². The van der Waals surface area contributed by atoms with Gasteiger partial charge in [0, 0.05) is 15.6 Å². The summed E-state index contributed by atoms with van der Waals surface area (Å²) in [5.74, 6) is 0.0478. The van der Waals surface area contributed by atoms with E-state index in [1.165, 1.54) is 12.1 Å². The molecular formula is C23H14Cl2FN3. The van der Waals surface area contributed by atoms with Gasteiger partial charge in [-0.25, -0.2) is 9.37 Å². The summed E-state index contributed by atoms with van der Waals surface area (Å²) in [6, 6.07) is 21.3. The average Bonchev–Trinajstić information content (AvgIpc) is 3.08. The number of nitrogens with zero attached hydrogens (tertiary/aromatic N) is 3. The summed E-state index contributed by atoms with van der Waals surface area (Å²) in [4.78, 5) is 4.63. The van der Waals surface area contributed by atoms with Crippen LogP contribution in [0.1, 0.15) is 17.0 Å². The number of halogens is 3. The van der Waals surface area contributed by atoms with E-state index in [-0.39, 0.29) is 5.57 Å². The molecule has 0 atom stereocenters. The zero-order valence-corrected chi connectivity index (χ0v) is 16.6. The first-order valence-corrected chi connectivity index (χ1v) is 9.58. The molecule has 0 radical (unpaired) electrons. The van der Waals surface area contributed by atoms with E-state index in [0.717, 1.165) is 16.6 Å². The lowest BCUT2D eigenvalue weighted by Gasteiger charge is -2.11. The Morgan fingerprint density at radius 1 is 1.07 bits per heavy atom. The molecule has 142 valence electrons. The van der Waals surface area contributed by atoms with E-state index in [1.54, 1.807) is 30.3 Å². The molecule has 1 aromatic heterocycles. The van der Waals surface area contributed by atoms with E-state index in [2.05, 4.69) is 11.1 Å². The second-order valence-corrected chi connectivity index (χ2v) is 7.28. The lowest BCUT2D eigenvalue weighted by molar-refractivity contribution is 0.625. The molecular weight excluding hydrogens is 408 g/mol. The van der Waals surface area contributed by atoms with Crippen molar-refractivity contribution in [2.75, 3.05) is 0 Å². The first-order valence-electron chi connectivity index (χ1n) is 8.82. The molecule has 0 saturated heterocycles. The Morgan fingerprint density at radius 3 is 2.59 bits per heavy atom. The smallest absolute Gasteiger partial charge is 0.152 e. The minimum Gasteiger partial charge on any atom is -0.319 e. The highest BCUT2D eigenvalue weighted by Crippen LogP contribution is 2.28. The summed E-state index contributed by atoms with van der Waals surface area (Å²) < 4.78 is 16.0. The van der Waals surface area contributed by atoms with Crippen molar-refractivity contribution < 1.29 is 4.39 Å². The Kier molecular flexibility index (Phi) is 5.35. The van der Waals surface area contributed by atoms with Crippen molar-refractivity contribution >= 4 is 45.9 Å². The minimum absolute atomic E-state index is 0.261. The van der Waals surface area contributed by atoms with E-state index in [1.807, 2.05) is 34.9 Å². The van der Waals surface area contributed by atoms with Crippen LogP contribution in [0.25, 0.3) is 22.7 Å². The van der Waals surface area contributed by atoms with Crippen LogP contribution >= 0.6 is 23.2 Å². The molecule has 0 spiro atoms. The van der Waals surface area contributed by atoms with Crippen LogP contribution < -0.4 is 0 Å². The number of allylic oxidation sites excluding steroid dienone is 1.